The molecule has 1 N–H and O–H groups in total. The first-order chi connectivity index (χ1) is 9.13. The number of aliphatic hydroxyl groups is 1. The first-order valence-corrected chi connectivity index (χ1v) is 7.00. The average molecular weight is 262 g/mol. The smallest absolute Gasteiger partial charge is 0.134 e. The van der Waals surface area contributed by atoms with Crippen LogP contribution in [-0.2, 0) is 0 Å². The molecule has 0 amide bonds. The number of furan rings is 1. The van der Waals surface area contributed by atoms with Gasteiger partial charge in [-0.1, -0.05) is 19.8 Å². The molecule has 0 bridgehead atoms. The Kier molecular flexibility index (Phi) is 3.31. The average Bonchev–Trinajstić information content (AvgIpc) is 2.80. The summed E-state index contributed by atoms with van der Waals surface area (Å²) >= 11 is 0. The Bertz CT molecular complexity index is 575. The highest BCUT2D eigenvalue weighted by molar-refractivity contribution is 5.77. The number of fused-ring (bicyclic) bond motifs is 1. The molecule has 3 atom stereocenters. The lowest BCUT2D eigenvalue weighted by molar-refractivity contribution is 0.0551. The summed E-state index contributed by atoms with van der Waals surface area (Å²) in [5, 5.41) is 11.2. The number of halogens is 1. The molecule has 1 saturated carbocycles. The van der Waals surface area contributed by atoms with Gasteiger partial charge in [-0.3, -0.25) is 0 Å². The minimum atomic E-state index is -0.571. The second-order valence-electron chi connectivity index (χ2n) is 5.81. The quantitative estimate of drug-likeness (QED) is 0.868. The largest absolute Gasteiger partial charge is 0.458 e. The molecule has 1 fully saturated rings. The molecule has 3 rings (SSSR count). The van der Waals surface area contributed by atoms with Crippen LogP contribution >= 0.6 is 0 Å². The van der Waals surface area contributed by atoms with Crippen LogP contribution in [0.4, 0.5) is 4.39 Å². The molecule has 3 unspecified atom stereocenters. The number of benzene rings is 1. The molecule has 2 nitrogen and oxygen atoms in total. The maximum atomic E-state index is 13.1. The van der Waals surface area contributed by atoms with Gasteiger partial charge in [-0.05, 0) is 48.9 Å². The molecular weight excluding hydrogens is 243 g/mol. The molecule has 0 aliphatic heterocycles. The van der Waals surface area contributed by atoms with Gasteiger partial charge in [-0.25, -0.2) is 4.39 Å². The fourth-order valence-corrected chi connectivity index (χ4v) is 3.18. The fourth-order valence-electron chi connectivity index (χ4n) is 3.18. The fraction of sp³-hybridized carbons (Fsp3) is 0.500. The number of hydrogen-bond donors (Lipinski definition) is 1. The van der Waals surface area contributed by atoms with Gasteiger partial charge >= 0.3 is 0 Å². The first kappa shape index (κ1) is 12.7. The van der Waals surface area contributed by atoms with Crippen molar-refractivity contribution in [2.75, 3.05) is 0 Å². The minimum absolute atomic E-state index is 0.258. The lowest BCUT2D eigenvalue weighted by atomic mass is 9.79. The third-order valence-corrected chi connectivity index (χ3v) is 4.21. The summed E-state index contributed by atoms with van der Waals surface area (Å²) in [5.41, 5.74) is 0.638. The molecule has 1 aromatic heterocycles. The van der Waals surface area contributed by atoms with Gasteiger partial charge in [0.2, 0.25) is 0 Å². The van der Waals surface area contributed by atoms with E-state index in [1.807, 2.05) is 0 Å². The molecule has 1 aliphatic rings. The highest BCUT2D eigenvalue weighted by Gasteiger charge is 2.28. The van der Waals surface area contributed by atoms with Gasteiger partial charge in [0.25, 0.3) is 0 Å². The molecule has 0 spiro atoms. The second kappa shape index (κ2) is 4.97. The van der Waals surface area contributed by atoms with Crippen molar-refractivity contribution in [1.82, 2.24) is 0 Å². The molecule has 19 heavy (non-hydrogen) atoms. The highest BCUT2D eigenvalue weighted by atomic mass is 19.1. The van der Waals surface area contributed by atoms with E-state index in [2.05, 4.69) is 6.92 Å². The summed E-state index contributed by atoms with van der Waals surface area (Å²) in [7, 11) is 0. The zero-order valence-corrected chi connectivity index (χ0v) is 11.1. The summed E-state index contributed by atoms with van der Waals surface area (Å²) in [5.74, 6) is 1.21. The highest BCUT2D eigenvalue weighted by Crippen LogP contribution is 2.38. The third kappa shape index (κ3) is 2.52. The summed E-state index contributed by atoms with van der Waals surface area (Å²) in [4.78, 5) is 0. The zero-order valence-electron chi connectivity index (χ0n) is 11.1. The molecule has 102 valence electrons. The van der Waals surface area contributed by atoms with Crippen LogP contribution in [0.3, 0.4) is 0 Å². The Labute approximate surface area is 112 Å². The van der Waals surface area contributed by atoms with Crippen LogP contribution in [0.15, 0.2) is 28.7 Å². The van der Waals surface area contributed by atoms with E-state index < -0.39 is 6.10 Å². The topological polar surface area (TPSA) is 33.4 Å². The molecule has 2 aromatic rings. The zero-order chi connectivity index (χ0) is 13.4. The van der Waals surface area contributed by atoms with Crippen LogP contribution in [-0.4, -0.2) is 5.11 Å². The van der Waals surface area contributed by atoms with Gasteiger partial charge in [-0.2, -0.15) is 0 Å². The van der Waals surface area contributed by atoms with Crippen molar-refractivity contribution in [3.63, 3.8) is 0 Å². The van der Waals surface area contributed by atoms with E-state index in [1.165, 1.54) is 18.6 Å². The van der Waals surface area contributed by atoms with Crippen molar-refractivity contribution in [2.45, 2.75) is 38.7 Å². The Balaban J connectivity index is 1.86. The van der Waals surface area contributed by atoms with E-state index in [1.54, 1.807) is 12.1 Å². The van der Waals surface area contributed by atoms with Gasteiger partial charge < -0.3 is 9.52 Å². The van der Waals surface area contributed by atoms with Crippen LogP contribution in [0.5, 0.6) is 0 Å². The summed E-state index contributed by atoms with van der Waals surface area (Å²) in [6, 6.07) is 6.20. The predicted molar refractivity (Wildman–Crippen MR) is 72.3 cm³/mol. The lowest BCUT2D eigenvalue weighted by Gasteiger charge is -2.29. The van der Waals surface area contributed by atoms with Crippen molar-refractivity contribution >= 4 is 11.0 Å². The van der Waals surface area contributed by atoms with Crippen LogP contribution < -0.4 is 0 Å². The number of hydrogen-bond acceptors (Lipinski definition) is 2. The summed E-state index contributed by atoms with van der Waals surface area (Å²) in [6.45, 7) is 2.23. The Hall–Kier alpha value is -1.35. The molecule has 1 heterocycles. The van der Waals surface area contributed by atoms with Crippen LogP contribution in [0, 0.1) is 17.7 Å². The predicted octanol–water partition coefficient (Wildman–Crippen LogP) is 4.43. The van der Waals surface area contributed by atoms with E-state index in [0.29, 0.717) is 17.3 Å². The minimum Gasteiger partial charge on any atom is -0.458 e. The van der Waals surface area contributed by atoms with Gasteiger partial charge in [-0.15, -0.1) is 0 Å². The Morgan fingerprint density at radius 3 is 2.95 bits per heavy atom. The van der Waals surface area contributed by atoms with E-state index in [9.17, 15) is 9.50 Å². The Morgan fingerprint density at radius 1 is 1.32 bits per heavy atom. The summed E-state index contributed by atoms with van der Waals surface area (Å²) < 4.78 is 18.8. The molecule has 3 heteroatoms. The SMILES string of the molecule is CC1CCCC(C(O)c2cc3cc(F)ccc3o2)C1. The standard InChI is InChI=1S/C16H19FO2/c1-10-3-2-4-11(7-10)16(18)15-9-12-8-13(17)5-6-14(12)19-15/h5-6,8-11,16,18H,2-4,7H2,1H3. The molecule has 0 saturated heterocycles. The van der Waals surface area contributed by atoms with E-state index in [0.717, 1.165) is 24.6 Å². The van der Waals surface area contributed by atoms with Gasteiger partial charge in [0.1, 0.15) is 23.3 Å². The van der Waals surface area contributed by atoms with Crippen molar-refractivity contribution in [3.8, 4) is 0 Å². The van der Waals surface area contributed by atoms with Crippen LogP contribution in [0.1, 0.15) is 44.5 Å². The van der Waals surface area contributed by atoms with E-state index in [4.69, 9.17) is 4.42 Å². The molecular formula is C16H19FO2. The number of aliphatic hydroxyl groups excluding tert-OH is 1. The molecule has 0 radical (unpaired) electrons. The van der Waals surface area contributed by atoms with Gasteiger partial charge in [0, 0.05) is 5.39 Å². The maximum absolute atomic E-state index is 13.1. The number of rotatable bonds is 2. The van der Waals surface area contributed by atoms with Gasteiger partial charge in [0.05, 0.1) is 0 Å². The normalized spacial score (nSPS) is 25.6. The van der Waals surface area contributed by atoms with Crippen LogP contribution in [0.25, 0.3) is 11.0 Å². The lowest BCUT2D eigenvalue weighted by Crippen LogP contribution is -2.19. The third-order valence-electron chi connectivity index (χ3n) is 4.21. The van der Waals surface area contributed by atoms with Crippen molar-refractivity contribution in [2.24, 2.45) is 11.8 Å². The van der Waals surface area contributed by atoms with Crippen LogP contribution in [0.2, 0.25) is 0 Å². The Morgan fingerprint density at radius 2 is 2.16 bits per heavy atom. The summed E-state index contributed by atoms with van der Waals surface area (Å²) in [6.07, 6.45) is 3.91. The first-order valence-electron chi connectivity index (χ1n) is 7.00. The van der Waals surface area contributed by atoms with Crippen molar-refractivity contribution in [1.29, 1.82) is 0 Å². The van der Waals surface area contributed by atoms with E-state index >= 15 is 0 Å². The molecule has 1 aliphatic carbocycles. The molecule has 1 aromatic carbocycles. The van der Waals surface area contributed by atoms with Crippen molar-refractivity contribution in [3.05, 3.63) is 35.8 Å². The van der Waals surface area contributed by atoms with Crippen molar-refractivity contribution < 1.29 is 13.9 Å². The second-order valence-corrected chi connectivity index (χ2v) is 5.81. The maximum Gasteiger partial charge on any atom is 0.134 e. The van der Waals surface area contributed by atoms with E-state index in [-0.39, 0.29) is 11.7 Å². The monoisotopic (exact) mass is 262 g/mol. The van der Waals surface area contributed by atoms with Gasteiger partial charge in [0.15, 0.2) is 0 Å².